The molecule has 0 radical (unpaired) electrons. The van der Waals surface area contributed by atoms with Crippen molar-refractivity contribution in [3.05, 3.63) is 22.6 Å². The summed E-state index contributed by atoms with van der Waals surface area (Å²) >= 11 is 3.17. The predicted molar refractivity (Wildman–Crippen MR) is 47.6 cm³/mol. The van der Waals surface area contributed by atoms with Crippen molar-refractivity contribution in [3.8, 4) is 11.7 Å². The average Bonchev–Trinajstić information content (AvgIpc) is 2.71. The second kappa shape index (κ2) is 3.31. The molecule has 13 heavy (non-hydrogen) atoms. The van der Waals surface area contributed by atoms with Crippen LogP contribution in [0.2, 0.25) is 0 Å². The standard InChI is InChI=1S/C7H6BrN3O2/c8-5-2-1-4(12-5)7-10-6(3-9)11-13-7/h1-2H,3,9H2. The van der Waals surface area contributed by atoms with E-state index in [1.165, 1.54) is 0 Å². The Morgan fingerprint density at radius 2 is 2.31 bits per heavy atom. The Bertz CT molecular complexity index is 409. The number of nitrogens with two attached hydrogens (primary N) is 1. The maximum absolute atomic E-state index is 5.32. The van der Waals surface area contributed by atoms with Crippen LogP contribution in [0.15, 0.2) is 25.7 Å². The first-order valence-electron chi connectivity index (χ1n) is 3.58. The van der Waals surface area contributed by atoms with E-state index in [0.29, 0.717) is 22.1 Å². The minimum atomic E-state index is 0.255. The first-order valence-corrected chi connectivity index (χ1v) is 4.37. The van der Waals surface area contributed by atoms with Crippen LogP contribution in [0.4, 0.5) is 0 Å². The molecule has 0 amide bonds. The normalized spacial score (nSPS) is 10.6. The lowest BCUT2D eigenvalue weighted by Crippen LogP contribution is -1.97. The van der Waals surface area contributed by atoms with E-state index in [0.717, 1.165) is 0 Å². The average molecular weight is 244 g/mol. The molecule has 0 unspecified atom stereocenters. The van der Waals surface area contributed by atoms with E-state index < -0.39 is 0 Å². The third kappa shape index (κ3) is 1.63. The van der Waals surface area contributed by atoms with Gasteiger partial charge in [0.2, 0.25) is 0 Å². The molecule has 5 nitrogen and oxygen atoms in total. The molecule has 0 saturated carbocycles. The molecule has 0 aliphatic heterocycles. The van der Waals surface area contributed by atoms with Gasteiger partial charge in [-0.05, 0) is 28.1 Å². The number of nitrogens with zero attached hydrogens (tertiary/aromatic N) is 2. The van der Waals surface area contributed by atoms with Gasteiger partial charge in [0, 0.05) is 0 Å². The van der Waals surface area contributed by atoms with Gasteiger partial charge in [0.05, 0.1) is 6.54 Å². The smallest absolute Gasteiger partial charge is 0.293 e. The molecular formula is C7H6BrN3O2. The molecule has 2 N–H and O–H groups in total. The van der Waals surface area contributed by atoms with Crippen LogP contribution in [0.3, 0.4) is 0 Å². The fraction of sp³-hybridized carbons (Fsp3) is 0.143. The highest BCUT2D eigenvalue weighted by Crippen LogP contribution is 2.23. The predicted octanol–water partition coefficient (Wildman–Crippen LogP) is 1.55. The number of halogens is 1. The van der Waals surface area contributed by atoms with Crippen molar-refractivity contribution in [1.82, 2.24) is 10.1 Å². The van der Waals surface area contributed by atoms with E-state index in [1.807, 2.05) is 0 Å². The second-order valence-electron chi connectivity index (χ2n) is 2.32. The van der Waals surface area contributed by atoms with Crippen LogP contribution < -0.4 is 5.73 Å². The minimum absolute atomic E-state index is 0.255. The van der Waals surface area contributed by atoms with Crippen LogP contribution in [0, 0.1) is 0 Å². The Labute approximate surface area is 82.0 Å². The van der Waals surface area contributed by atoms with Crippen molar-refractivity contribution in [1.29, 1.82) is 0 Å². The summed E-state index contributed by atoms with van der Waals surface area (Å²) in [6.45, 7) is 0.255. The van der Waals surface area contributed by atoms with Crippen molar-refractivity contribution in [2.24, 2.45) is 5.73 Å². The summed E-state index contributed by atoms with van der Waals surface area (Å²) < 4.78 is 10.7. The molecule has 2 aromatic rings. The molecule has 0 aliphatic carbocycles. The molecule has 0 atom stereocenters. The molecule has 68 valence electrons. The van der Waals surface area contributed by atoms with E-state index in [2.05, 4.69) is 26.1 Å². The molecule has 0 bridgehead atoms. The van der Waals surface area contributed by atoms with Crippen molar-refractivity contribution in [3.63, 3.8) is 0 Å². The first-order chi connectivity index (χ1) is 6.29. The van der Waals surface area contributed by atoms with Gasteiger partial charge in [-0.2, -0.15) is 4.98 Å². The quantitative estimate of drug-likeness (QED) is 0.866. The van der Waals surface area contributed by atoms with Crippen molar-refractivity contribution in [2.45, 2.75) is 6.54 Å². The Hall–Kier alpha value is -1.14. The second-order valence-corrected chi connectivity index (χ2v) is 3.11. The molecule has 6 heteroatoms. The Morgan fingerprint density at radius 1 is 1.46 bits per heavy atom. The number of aromatic nitrogens is 2. The third-order valence-electron chi connectivity index (χ3n) is 1.43. The highest BCUT2D eigenvalue weighted by Gasteiger charge is 2.10. The molecule has 2 heterocycles. The van der Waals surface area contributed by atoms with Gasteiger partial charge in [0.25, 0.3) is 5.89 Å². The number of rotatable bonds is 2. The number of hydrogen-bond donors (Lipinski definition) is 1. The van der Waals surface area contributed by atoms with Gasteiger partial charge in [-0.15, -0.1) is 0 Å². The fourth-order valence-corrected chi connectivity index (χ4v) is 1.17. The lowest BCUT2D eigenvalue weighted by atomic mass is 10.4. The van der Waals surface area contributed by atoms with Gasteiger partial charge in [-0.3, -0.25) is 0 Å². The molecule has 0 spiro atoms. The highest BCUT2D eigenvalue weighted by atomic mass is 79.9. The van der Waals surface area contributed by atoms with Gasteiger partial charge in [-0.25, -0.2) is 0 Å². The minimum Gasteiger partial charge on any atom is -0.444 e. The molecule has 0 saturated heterocycles. The van der Waals surface area contributed by atoms with Gasteiger partial charge < -0.3 is 14.7 Å². The SMILES string of the molecule is NCc1noc(-c2ccc(Br)o2)n1. The first kappa shape index (κ1) is 8.46. The monoisotopic (exact) mass is 243 g/mol. The summed E-state index contributed by atoms with van der Waals surface area (Å²) in [6.07, 6.45) is 0. The number of hydrogen-bond acceptors (Lipinski definition) is 5. The summed E-state index contributed by atoms with van der Waals surface area (Å²) in [6, 6.07) is 3.49. The van der Waals surface area contributed by atoms with Crippen LogP contribution in [-0.2, 0) is 6.54 Å². The molecule has 2 rings (SSSR count). The van der Waals surface area contributed by atoms with Crippen LogP contribution in [0.25, 0.3) is 11.7 Å². The van der Waals surface area contributed by atoms with Crippen LogP contribution in [-0.4, -0.2) is 10.1 Å². The molecule has 0 aliphatic rings. The van der Waals surface area contributed by atoms with Crippen molar-refractivity contribution < 1.29 is 8.94 Å². The Kier molecular flexibility index (Phi) is 2.15. The molecule has 0 fully saturated rings. The summed E-state index contributed by atoms with van der Waals surface area (Å²) in [5.41, 5.74) is 5.32. The largest absolute Gasteiger partial charge is 0.444 e. The highest BCUT2D eigenvalue weighted by molar-refractivity contribution is 9.10. The van der Waals surface area contributed by atoms with E-state index in [-0.39, 0.29) is 6.54 Å². The summed E-state index contributed by atoms with van der Waals surface area (Å²) in [5, 5.41) is 3.63. The van der Waals surface area contributed by atoms with E-state index >= 15 is 0 Å². The summed E-state index contributed by atoms with van der Waals surface area (Å²) in [4.78, 5) is 3.99. The van der Waals surface area contributed by atoms with E-state index in [1.54, 1.807) is 12.1 Å². The molecule has 2 aromatic heterocycles. The zero-order chi connectivity index (χ0) is 9.26. The summed E-state index contributed by atoms with van der Waals surface area (Å²) in [7, 11) is 0. The zero-order valence-corrected chi connectivity index (χ0v) is 8.11. The zero-order valence-electron chi connectivity index (χ0n) is 6.53. The topological polar surface area (TPSA) is 78.1 Å². The van der Waals surface area contributed by atoms with Crippen LogP contribution in [0.5, 0.6) is 0 Å². The van der Waals surface area contributed by atoms with Crippen molar-refractivity contribution >= 4 is 15.9 Å². The Morgan fingerprint density at radius 3 is 2.85 bits per heavy atom. The van der Waals surface area contributed by atoms with E-state index in [9.17, 15) is 0 Å². The van der Waals surface area contributed by atoms with Crippen LogP contribution >= 0.6 is 15.9 Å². The molecule has 0 aromatic carbocycles. The van der Waals surface area contributed by atoms with E-state index in [4.69, 9.17) is 14.7 Å². The Balaban J connectivity index is 2.35. The maximum atomic E-state index is 5.32. The van der Waals surface area contributed by atoms with Crippen molar-refractivity contribution in [2.75, 3.05) is 0 Å². The molecular weight excluding hydrogens is 238 g/mol. The fourth-order valence-electron chi connectivity index (χ4n) is 0.866. The third-order valence-corrected chi connectivity index (χ3v) is 1.86. The lowest BCUT2D eigenvalue weighted by molar-refractivity contribution is 0.407. The van der Waals surface area contributed by atoms with Crippen LogP contribution in [0.1, 0.15) is 5.82 Å². The van der Waals surface area contributed by atoms with Gasteiger partial charge >= 0.3 is 0 Å². The summed E-state index contributed by atoms with van der Waals surface area (Å²) in [5.74, 6) is 1.33. The lowest BCUT2D eigenvalue weighted by Gasteiger charge is -1.83. The maximum Gasteiger partial charge on any atom is 0.293 e. The van der Waals surface area contributed by atoms with Gasteiger partial charge in [0.15, 0.2) is 16.3 Å². The van der Waals surface area contributed by atoms with Gasteiger partial charge in [-0.1, -0.05) is 5.16 Å². The number of furan rings is 1. The van der Waals surface area contributed by atoms with Gasteiger partial charge in [0.1, 0.15) is 0 Å².